The van der Waals surface area contributed by atoms with Crippen molar-refractivity contribution in [3.8, 4) is 0 Å². The highest BCUT2D eigenvalue weighted by atomic mass is 32.2. The largest absolute Gasteiger partial charge is 0.390 e. The Morgan fingerprint density at radius 3 is 2.52 bits per heavy atom. The number of hydrogen-bond acceptors (Lipinski definition) is 3. The first-order valence-corrected chi connectivity index (χ1v) is 8.01. The monoisotopic (exact) mass is 324 g/mol. The van der Waals surface area contributed by atoms with E-state index in [4.69, 9.17) is 0 Å². The zero-order valence-electron chi connectivity index (χ0n) is 11.9. The minimum atomic E-state index is -4.41. The second-order valence-electron chi connectivity index (χ2n) is 4.77. The van der Waals surface area contributed by atoms with Crippen LogP contribution in [-0.2, 0) is 16.6 Å². The number of sulfonamides is 1. The van der Waals surface area contributed by atoms with Gasteiger partial charge in [0.1, 0.15) is 0 Å². The highest BCUT2D eigenvalue weighted by molar-refractivity contribution is 7.89. The molecular weight excluding hydrogens is 305 g/mol. The third-order valence-corrected chi connectivity index (χ3v) is 4.27. The van der Waals surface area contributed by atoms with Crippen molar-refractivity contribution in [3.05, 3.63) is 29.8 Å². The second kappa shape index (κ2) is 7.24. The minimum absolute atomic E-state index is 0.0353. The predicted molar refractivity (Wildman–Crippen MR) is 74.3 cm³/mol. The summed E-state index contributed by atoms with van der Waals surface area (Å²) in [6.45, 7) is 4.34. The van der Waals surface area contributed by atoms with Crippen LogP contribution < -0.4 is 10.0 Å². The molecule has 1 aromatic rings. The van der Waals surface area contributed by atoms with Gasteiger partial charge in [-0.3, -0.25) is 0 Å². The van der Waals surface area contributed by atoms with Gasteiger partial charge in [0.2, 0.25) is 10.0 Å². The van der Waals surface area contributed by atoms with Crippen molar-refractivity contribution < 1.29 is 21.6 Å². The Balaban J connectivity index is 2.82. The average Bonchev–Trinajstić information content (AvgIpc) is 2.33. The fraction of sp³-hybridized carbons (Fsp3) is 0.538. The zero-order chi connectivity index (χ0) is 16.1. The Morgan fingerprint density at radius 2 is 1.95 bits per heavy atom. The zero-order valence-corrected chi connectivity index (χ0v) is 12.7. The molecule has 0 saturated carbocycles. The number of alkyl halides is 3. The quantitative estimate of drug-likeness (QED) is 0.810. The summed E-state index contributed by atoms with van der Waals surface area (Å²) in [5.41, 5.74) is 0.753. The molecule has 0 bridgehead atoms. The molecule has 4 nitrogen and oxygen atoms in total. The lowest BCUT2D eigenvalue weighted by atomic mass is 10.2. The van der Waals surface area contributed by atoms with Crippen molar-refractivity contribution in [2.45, 2.75) is 43.9 Å². The average molecular weight is 324 g/mol. The molecule has 21 heavy (non-hydrogen) atoms. The molecule has 0 aliphatic rings. The van der Waals surface area contributed by atoms with Gasteiger partial charge in [-0.1, -0.05) is 19.1 Å². The number of rotatable bonds is 7. The summed E-state index contributed by atoms with van der Waals surface area (Å²) in [5, 5.41) is 3.05. The molecule has 0 aliphatic carbocycles. The van der Waals surface area contributed by atoms with Crippen LogP contribution in [0, 0.1) is 0 Å². The molecule has 120 valence electrons. The summed E-state index contributed by atoms with van der Waals surface area (Å²) in [4.78, 5) is -0.0353. The van der Waals surface area contributed by atoms with Crippen LogP contribution in [0.1, 0.15) is 25.8 Å². The maximum atomic E-state index is 12.2. The standard InChI is InChI=1S/C13H19F3N2O2S/c1-3-17-9-11-5-4-6-12(7-11)21(19,20)18-10(2)8-13(14,15)16/h4-7,10,17-18H,3,8-9H2,1-2H3. The summed E-state index contributed by atoms with van der Waals surface area (Å²) in [5.74, 6) is 0. The van der Waals surface area contributed by atoms with Crippen molar-refractivity contribution in [3.63, 3.8) is 0 Å². The van der Waals surface area contributed by atoms with E-state index >= 15 is 0 Å². The molecule has 0 saturated heterocycles. The molecule has 1 aromatic carbocycles. The summed E-state index contributed by atoms with van der Waals surface area (Å²) in [6, 6.07) is 4.91. The molecule has 0 fully saturated rings. The van der Waals surface area contributed by atoms with E-state index in [9.17, 15) is 21.6 Å². The van der Waals surface area contributed by atoms with E-state index in [0.717, 1.165) is 12.1 Å². The van der Waals surface area contributed by atoms with Crippen molar-refractivity contribution >= 4 is 10.0 Å². The molecule has 0 heterocycles. The Kier molecular flexibility index (Phi) is 6.18. The maximum Gasteiger partial charge on any atom is 0.390 e. The molecule has 0 aliphatic heterocycles. The van der Waals surface area contributed by atoms with Crippen LogP contribution >= 0.6 is 0 Å². The fourth-order valence-corrected chi connectivity index (χ4v) is 3.13. The molecule has 1 rings (SSSR count). The van der Waals surface area contributed by atoms with Gasteiger partial charge in [-0.25, -0.2) is 13.1 Å². The van der Waals surface area contributed by atoms with Crippen molar-refractivity contribution in [1.82, 2.24) is 10.0 Å². The number of nitrogens with one attached hydrogen (secondary N) is 2. The molecular formula is C13H19F3N2O2S. The van der Waals surface area contributed by atoms with Crippen LogP contribution in [0.5, 0.6) is 0 Å². The Morgan fingerprint density at radius 1 is 1.29 bits per heavy atom. The van der Waals surface area contributed by atoms with Gasteiger partial charge in [0, 0.05) is 12.6 Å². The Hall–Kier alpha value is -1.12. The van der Waals surface area contributed by atoms with Gasteiger partial charge < -0.3 is 5.32 Å². The second-order valence-corrected chi connectivity index (χ2v) is 6.48. The lowest BCUT2D eigenvalue weighted by Crippen LogP contribution is -2.36. The van der Waals surface area contributed by atoms with Crippen LogP contribution in [-0.4, -0.2) is 27.2 Å². The third kappa shape index (κ3) is 6.45. The van der Waals surface area contributed by atoms with Gasteiger partial charge >= 0.3 is 6.18 Å². The summed E-state index contributed by atoms with van der Waals surface area (Å²) in [7, 11) is -3.96. The molecule has 0 radical (unpaired) electrons. The maximum absolute atomic E-state index is 12.2. The molecule has 0 spiro atoms. The van der Waals surface area contributed by atoms with Crippen LogP contribution in [0.4, 0.5) is 13.2 Å². The van der Waals surface area contributed by atoms with Crippen LogP contribution in [0.2, 0.25) is 0 Å². The van der Waals surface area contributed by atoms with Gasteiger partial charge in [0.25, 0.3) is 0 Å². The van der Waals surface area contributed by atoms with E-state index in [-0.39, 0.29) is 4.90 Å². The first kappa shape index (κ1) is 17.9. The fourth-order valence-electron chi connectivity index (χ4n) is 1.81. The first-order chi connectivity index (χ1) is 9.64. The number of benzene rings is 1. The van der Waals surface area contributed by atoms with Crippen molar-refractivity contribution in [2.75, 3.05) is 6.54 Å². The Bertz CT molecular complexity index is 559. The van der Waals surface area contributed by atoms with Gasteiger partial charge in [-0.05, 0) is 31.2 Å². The summed E-state index contributed by atoms with van der Waals surface area (Å²) in [6.07, 6.45) is -5.61. The highest BCUT2D eigenvalue weighted by Gasteiger charge is 2.31. The van der Waals surface area contributed by atoms with E-state index in [2.05, 4.69) is 5.32 Å². The van der Waals surface area contributed by atoms with Gasteiger partial charge in [0.15, 0.2) is 0 Å². The topological polar surface area (TPSA) is 58.2 Å². The van der Waals surface area contributed by atoms with E-state index in [0.29, 0.717) is 6.54 Å². The molecule has 2 N–H and O–H groups in total. The summed E-state index contributed by atoms with van der Waals surface area (Å²) >= 11 is 0. The lowest BCUT2D eigenvalue weighted by Gasteiger charge is -2.16. The van der Waals surface area contributed by atoms with Gasteiger partial charge in [-0.2, -0.15) is 13.2 Å². The molecule has 0 aromatic heterocycles. The molecule has 0 amide bonds. The van der Waals surface area contributed by atoms with E-state index < -0.39 is 28.7 Å². The molecule has 1 unspecified atom stereocenters. The number of hydrogen-bond donors (Lipinski definition) is 2. The van der Waals surface area contributed by atoms with Crippen molar-refractivity contribution in [2.24, 2.45) is 0 Å². The van der Waals surface area contributed by atoms with Crippen LogP contribution in [0.3, 0.4) is 0 Å². The smallest absolute Gasteiger partial charge is 0.313 e. The normalized spacial score (nSPS) is 14.1. The lowest BCUT2D eigenvalue weighted by molar-refractivity contribution is -0.137. The van der Waals surface area contributed by atoms with E-state index in [1.807, 2.05) is 11.6 Å². The first-order valence-electron chi connectivity index (χ1n) is 6.53. The highest BCUT2D eigenvalue weighted by Crippen LogP contribution is 2.22. The van der Waals surface area contributed by atoms with Crippen LogP contribution in [0.15, 0.2) is 29.2 Å². The van der Waals surface area contributed by atoms with Crippen molar-refractivity contribution in [1.29, 1.82) is 0 Å². The molecule has 8 heteroatoms. The number of halogens is 3. The predicted octanol–water partition coefficient (Wildman–Crippen LogP) is 2.42. The summed E-state index contributed by atoms with van der Waals surface area (Å²) < 4.78 is 62.9. The minimum Gasteiger partial charge on any atom is -0.313 e. The molecule has 1 atom stereocenters. The SMILES string of the molecule is CCNCc1cccc(S(=O)(=O)NC(C)CC(F)(F)F)c1. The van der Waals surface area contributed by atoms with E-state index in [1.165, 1.54) is 19.1 Å². The Labute approximate surface area is 122 Å². The van der Waals surface area contributed by atoms with Crippen LogP contribution in [0.25, 0.3) is 0 Å². The van der Waals surface area contributed by atoms with Gasteiger partial charge in [0.05, 0.1) is 11.3 Å². The van der Waals surface area contributed by atoms with E-state index in [1.54, 1.807) is 12.1 Å². The third-order valence-electron chi connectivity index (χ3n) is 2.68. The van der Waals surface area contributed by atoms with Gasteiger partial charge in [-0.15, -0.1) is 0 Å².